The Balaban J connectivity index is 1.51. The minimum atomic E-state index is -1.30. The predicted molar refractivity (Wildman–Crippen MR) is 108 cm³/mol. The van der Waals surface area contributed by atoms with Gasteiger partial charge in [-0.25, -0.2) is 4.39 Å². The number of thiophene rings is 1. The van der Waals surface area contributed by atoms with E-state index in [1.54, 1.807) is 17.4 Å². The summed E-state index contributed by atoms with van der Waals surface area (Å²) in [4.78, 5) is 18.7. The van der Waals surface area contributed by atoms with E-state index < -0.39 is 5.67 Å². The Kier molecular flexibility index (Phi) is 6.49. The number of hydrogen-bond acceptors (Lipinski definition) is 5. The van der Waals surface area contributed by atoms with Crippen LogP contribution in [-0.4, -0.2) is 48.2 Å². The molecule has 5 nitrogen and oxygen atoms in total. The molecule has 2 aromatic heterocycles. The van der Waals surface area contributed by atoms with Gasteiger partial charge in [-0.1, -0.05) is 6.07 Å². The Bertz CT molecular complexity index is 789. The average molecular weight is 456 g/mol. The van der Waals surface area contributed by atoms with E-state index >= 15 is 4.39 Å². The maximum Gasteiger partial charge on any atom is 0.258 e. The number of hydrogen-bond donors (Lipinski definition) is 1. The van der Waals surface area contributed by atoms with Gasteiger partial charge in [-0.15, -0.1) is 11.3 Å². The molecule has 0 unspecified atom stereocenters. The van der Waals surface area contributed by atoms with Crippen LogP contribution in [0.4, 0.5) is 4.39 Å². The van der Waals surface area contributed by atoms with Crippen LogP contribution in [0.2, 0.25) is 0 Å². The standard InChI is InChI=1S/C19H23BrFN3O2S/c1-13-3-4-14(23-9-13)10-22-12-19(21)5-7-24(8-6-19)18(25)15-11-27-17(20)16(15)26-2/h3-4,9,11,22H,5-8,10,12H2,1-2H3. The first kappa shape index (κ1) is 20.2. The summed E-state index contributed by atoms with van der Waals surface area (Å²) in [7, 11) is 1.54. The lowest BCUT2D eigenvalue weighted by Crippen LogP contribution is -2.48. The van der Waals surface area contributed by atoms with Gasteiger partial charge in [0, 0.05) is 50.6 Å². The number of amides is 1. The largest absolute Gasteiger partial charge is 0.494 e. The zero-order valence-corrected chi connectivity index (χ0v) is 17.8. The maximum absolute atomic E-state index is 15.1. The average Bonchev–Trinajstić information content (AvgIpc) is 3.04. The lowest BCUT2D eigenvalue weighted by Gasteiger charge is -2.36. The van der Waals surface area contributed by atoms with Gasteiger partial charge in [0.1, 0.15) is 9.46 Å². The van der Waals surface area contributed by atoms with Gasteiger partial charge in [0.05, 0.1) is 18.4 Å². The van der Waals surface area contributed by atoms with Crippen molar-refractivity contribution in [1.82, 2.24) is 15.2 Å². The lowest BCUT2D eigenvalue weighted by molar-refractivity contribution is 0.0432. The highest BCUT2D eigenvalue weighted by molar-refractivity contribution is 9.11. The van der Waals surface area contributed by atoms with Gasteiger partial charge < -0.3 is 15.0 Å². The van der Waals surface area contributed by atoms with Crippen molar-refractivity contribution < 1.29 is 13.9 Å². The third-order valence-electron chi connectivity index (χ3n) is 4.81. The molecule has 1 N–H and O–H groups in total. The molecule has 1 fully saturated rings. The summed E-state index contributed by atoms with van der Waals surface area (Å²) in [6, 6.07) is 3.94. The first-order valence-electron chi connectivity index (χ1n) is 8.83. The molecule has 3 rings (SSSR count). The lowest BCUT2D eigenvalue weighted by atomic mass is 9.93. The Morgan fingerprint density at radius 3 is 2.81 bits per heavy atom. The Labute approximate surface area is 171 Å². The summed E-state index contributed by atoms with van der Waals surface area (Å²) < 4.78 is 21.2. The number of aryl methyl sites for hydroxylation is 1. The molecule has 1 aliphatic heterocycles. The number of carbonyl (C=O) groups excluding carboxylic acids is 1. The second kappa shape index (κ2) is 8.67. The monoisotopic (exact) mass is 455 g/mol. The molecular formula is C19H23BrFN3O2S. The fraction of sp³-hybridized carbons (Fsp3) is 0.474. The van der Waals surface area contributed by atoms with Gasteiger partial charge in [-0.2, -0.15) is 0 Å². The highest BCUT2D eigenvalue weighted by Gasteiger charge is 2.36. The van der Waals surface area contributed by atoms with Crippen molar-refractivity contribution in [3.8, 4) is 5.75 Å². The highest BCUT2D eigenvalue weighted by Crippen LogP contribution is 2.37. The number of nitrogens with zero attached hydrogens (tertiary/aromatic N) is 2. The van der Waals surface area contributed by atoms with E-state index in [4.69, 9.17) is 4.74 Å². The van der Waals surface area contributed by atoms with E-state index in [-0.39, 0.29) is 12.5 Å². The second-order valence-electron chi connectivity index (χ2n) is 6.83. The zero-order valence-electron chi connectivity index (χ0n) is 15.4. The Hall–Kier alpha value is -1.51. The molecule has 1 aliphatic rings. The van der Waals surface area contributed by atoms with Gasteiger partial charge in [0.25, 0.3) is 5.91 Å². The molecule has 0 spiro atoms. The van der Waals surface area contributed by atoms with Crippen molar-refractivity contribution in [1.29, 1.82) is 0 Å². The van der Waals surface area contributed by atoms with Crippen LogP contribution >= 0.6 is 27.3 Å². The normalized spacial score (nSPS) is 16.4. The van der Waals surface area contributed by atoms with E-state index in [9.17, 15) is 4.79 Å². The molecule has 1 amide bonds. The van der Waals surface area contributed by atoms with Crippen molar-refractivity contribution >= 4 is 33.2 Å². The van der Waals surface area contributed by atoms with Gasteiger partial charge >= 0.3 is 0 Å². The van der Waals surface area contributed by atoms with Gasteiger partial charge in [-0.3, -0.25) is 9.78 Å². The quantitative estimate of drug-likeness (QED) is 0.715. The number of nitrogens with one attached hydrogen (secondary N) is 1. The number of aromatic nitrogens is 1. The maximum atomic E-state index is 15.1. The number of alkyl halides is 1. The molecule has 1 saturated heterocycles. The number of rotatable bonds is 6. The van der Waals surface area contributed by atoms with E-state index in [0.29, 0.717) is 43.8 Å². The van der Waals surface area contributed by atoms with Crippen molar-refractivity contribution in [3.63, 3.8) is 0 Å². The van der Waals surface area contributed by atoms with Gasteiger partial charge in [0.15, 0.2) is 5.75 Å². The molecule has 27 heavy (non-hydrogen) atoms. The molecule has 0 bridgehead atoms. The van der Waals surface area contributed by atoms with Crippen LogP contribution in [0.5, 0.6) is 5.75 Å². The molecule has 0 aromatic carbocycles. The first-order valence-corrected chi connectivity index (χ1v) is 10.5. The van der Waals surface area contributed by atoms with Crippen LogP contribution in [-0.2, 0) is 6.54 Å². The van der Waals surface area contributed by atoms with E-state index in [1.807, 2.05) is 25.3 Å². The minimum Gasteiger partial charge on any atom is -0.494 e. The van der Waals surface area contributed by atoms with Crippen molar-refractivity contribution in [3.05, 3.63) is 44.3 Å². The third-order valence-corrected chi connectivity index (χ3v) is 6.47. The summed E-state index contributed by atoms with van der Waals surface area (Å²) in [6.07, 6.45) is 2.45. The Morgan fingerprint density at radius 2 is 2.19 bits per heavy atom. The molecule has 8 heteroatoms. The number of likely N-dealkylation sites (tertiary alicyclic amines) is 1. The molecule has 0 atom stereocenters. The van der Waals surface area contributed by atoms with Crippen LogP contribution in [0, 0.1) is 6.92 Å². The van der Waals surface area contributed by atoms with E-state index in [1.165, 1.54) is 11.3 Å². The van der Waals surface area contributed by atoms with Crippen molar-refractivity contribution in [2.24, 2.45) is 0 Å². The fourth-order valence-electron chi connectivity index (χ4n) is 3.14. The van der Waals surface area contributed by atoms with E-state index in [0.717, 1.165) is 15.0 Å². The molecular weight excluding hydrogens is 433 g/mol. The van der Waals surface area contributed by atoms with Gasteiger partial charge in [0.2, 0.25) is 0 Å². The summed E-state index contributed by atoms with van der Waals surface area (Å²) in [6.45, 7) is 3.58. The van der Waals surface area contributed by atoms with Crippen molar-refractivity contribution in [2.45, 2.75) is 32.0 Å². The predicted octanol–water partition coefficient (Wildman–Crippen LogP) is 3.96. The molecule has 0 aliphatic carbocycles. The van der Waals surface area contributed by atoms with Crippen LogP contribution in [0.15, 0.2) is 27.5 Å². The Morgan fingerprint density at radius 1 is 1.44 bits per heavy atom. The number of carbonyl (C=O) groups is 1. The summed E-state index contributed by atoms with van der Waals surface area (Å²) in [5, 5.41) is 4.94. The van der Waals surface area contributed by atoms with E-state index in [2.05, 4.69) is 26.2 Å². The van der Waals surface area contributed by atoms with Crippen LogP contribution in [0.25, 0.3) is 0 Å². The third kappa shape index (κ3) is 4.86. The topological polar surface area (TPSA) is 54.5 Å². The van der Waals surface area contributed by atoms with Crippen molar-refractivity contribution in [2.75, 3.05) is 26.7 Å². The number of ether oxygens (including phenoxy) is 1. The molecule has 146 valence electrons. The number of methoxy groups -OCH3 is 1. The molecule has 2 aromatic rings. The fourth-order valence-corrected chi connectivity index (χ4v) is 4.52. The number of piperidine rings is 1. The second-order valence-corrected chi connectivity index (χ2v) is 9.03. The summed E-state index contributed by atoms with van der Waals surface area (Å²) in [5.41, 5.74) is 1.23. The summed E-state index contributed by atoms with van der Waals surface area (Å²) in [5.74, 6) is 0.446. The highest BCUT2D eigenvalue weighted by atomic mass is 79.9. The van der Waals surface area contributed by atoms with Crippen LogP contribution < -0.4 is 10.1 Å². The smallest absolute Gasteiger partial charge is 0.258 e. The molecule has 3 heterocycles. The zero-order chi connectivity index (χ0) is 19.4. The van der Waals surface area contributed by atoms with Crippen LogP contribution in [0.3, 0.4) is 0 Å². The molecule has 0 saturated carbocycles. The summed E-state index contributed by atoms with van der Waals surface area (Å²) >= 11 is 4.80. The van der Waals surface area contributed by atoms with Gasteiger partial charge in [-0.05, 0) is 34.5 Å². The number of pyridine rings is 1. The minimum absolute atomic E-state index is 0.104. The first-order chi connectivity index (χ1) is 12.9. The SMILES string of the molecule is COc1c(C(=O)N2CCC(F)(CNCc3ccc(C)cn3)CC2)csc1Br. The van der Waals surface area contributed by atoms with Crippen LogP contribution in [0.1, 0.15) is 34.5 Å². The molecule has 0 radical (unpaired) electrons. The number of halogens is 2.